The van der Waals surface area contributed by atoms with Crippen molar-refractivity contribution in [3.05, 3.63) is 0 Å². The van der Waals surface area contributed by atoms with Crippen LogP contribution in [0.25, 0.3) is 0 Å². The minimum absolute atomic E-state index is 0.128. The van der Waals surface area contributed by atoms with Crippen LogP contribution in [0.1, 0.15) is 91.4 Å². The monoisotopic (exact) mass is 718 g/mol. The third kappa shape index (κ3) is 16.5. The molecular formula is C33H58N4O13. The van der Waals surface area contributed by atoms with Crippen molar-refractivity contribution in [2.24, 2.45) is 0 Å². The highest BCUT2D eigenvalue weighted by Crippen LogP contribution is 2.23. The molecule has 0 aromatic heterocycles. The van der Waals surface area contributed by atoms with E-state index in [-0.39, 0.29) is 81.5 Å². The van der Waals surface area contributed by atoms with Gasteiger partial charge in [-0.2, -0.15) is 0 Å². The lowest BCUT2D eigenvalue weighted by Crippen LogP contribution is -2.58. The highest BCUT2D eigenvalue weighted by molar-refractivity contribution is 5.87. The van der Waals surface area contributed by atoms with Crippen LogP contribution in [0.5, 0.6) is 0 Å². The Labute approximate surface area is 293 Å². The molecule has 0 radical (unpaired) electrons. The Bertz CT molecular complexity index is 1070. The molecule has 2 rings (SSSR count). The van der Waals surface area contributed by atoms with Gasteiger partial charge in [0.1, 0.15) is 12.1 Å². The van der Waals surface area contributed by atoms with E-state index in [1.54, 1.807) is 0 Å². The van der Waals surface area contributed by atoms with Gasteiger partial charge in [-0.05, 0) is 51.9 Å². The number of ether oxygens (including phenoxy) is 4. The van der Waals surface area contributed by atoms with E-state index in [0.29, 0.717) is 51.5 Å². The number of ketones is 1. The van der Waals surface area contributed by atoms with Gasteiger partial charge in [0.25, 0.3) is 0 Å². The molecule has 0 spiro atoms. The number of carbonyl (C=O) groups is 5. The van der Waals surface area contributed by atoms with Crippen LogP contribution in [0.4, 0.5) is 0 Å². The van der Waals surface area contributed by atoms with Gasteiger partial charge in [0.2, 0.25) is 23.6 Å². The van der Waals surface area contributed by atoms with Crippen LogP contribution < -0.4 is 21.3 Å². The van der Waals surface area contributed by atoms with Crippen LogP contribution in [-0.4, -0.2) is 138 Å². The van der Waals surface area contributed by atoms with Crippen LogP contribution in [0.15, 0.2) is 0 Å². The normalized spacial score (nSPS) is 27.2. The summed E-state index contributed by atoms with van der Waals surface area (Å²) in [6, 6.07) is -2.16. The van der Waals surface area contributed by atoms with Gasteiger partial charge in [-0.15, -0.1) is 0 Å². The Morgan fingerprint density at radius 2 is 1.18 bits per heavy atom. The van der Waals surface area contributed by atoms with Gasteiger partial charge in [0.05, 0.1) is 43.7 Å². The second-order valence-corrected chi connectivity index (χ2v) is 12.9. The SMILES string of the molecule is CC(=O)NC1C(O)CC(CO)OC1OCCCCC(=O)NCCCC[C@@H](NC(=O)CCCCOC1OC(CO)CC(O)C1NC(C)=O)C(C)=O. The highest BCUT2D eigenvalue weighted by atomic mass is 16.7. The molecule has 2 saturated heterocycles. The van der Waals surface area contributed by atoms with Crippen molar-refractivity contribution in [2.45, 2.75) is 147 Å². The quantitative estimate of drug-likeness (QED) is 0.0571. The maximum atomic E-state index is 12.5. The van der Waals surface area contributed by atoms with Crippen molar-refractivity contribution in [1.82, 2.24) is 21.3 Å². The zero-order valence-corrected chi connectivity index (χ0v) is 29.5. The molecule has 2 heterocycles. The number of hydrogen-bond acceptors (Lipinski definition) is 13. The third-order valence-electron chi connectivity index (χ3n) is 8.45. The van der Waals surface area contributed by atoms with Gasteiger partial charge in [0, 0.05) is 59.3 Å². The van der Waals surface area contributed by atoms with Crippen molar-refractivity contribution in [3.63, 3.8) is 0 Å². The predicted octanol–water partition coefficient (Wildman–Crippen LogP) is -1.33. The van der Waals surface area contributed by atoms with E-state index in [9.17, 15) is 44.4 Å². The second-order valence-electron chi connectivity index (χ2n) is 12.9. The molecule has 4 amide bonds. The molecule has 8 N–H and O–H groups in total. The predicted molar refractivity (Wildman–Crippen MR) is 177 cm³/mol. The molecule has 0 aliphatic carbocycles. The van der Waals surface area contributed by atoms with E-state index in [4.69, 9.17) is 18.9 Å². The van der Waals surface area contributed by atoms with Crippen LogP contribution >= 0.6 is 0 Å². The summed E-state index contributed by atoms with van der Waals surface area (Å²) < 4.78 is 22.7. The van der Waals surface area contributed by atoms with Crippen LogP contribution in [0.2, 0.25) is 0 Å². The van der Waals surface area contributed by atoms with E-state index in [0.717, 1.165) is 0 Å². The van der Waals surface area contributed by atoms with Crippen molar-refractivity contribution < 1.29 is 63.3 Å². The number of nitrogens with one attached hydrogen (secondary N) is 4. The lowest BCUT2D eigenvalue weighted by atomic mass is 10.00. The molecule has 17 nitrogen and oxygen atoms in total. The number of carbonyl (C=O) groups excluding carboxylic acids is 5. The average molecular weight is 719 g/mol. The molecule has 2 fully saturated rings. The van der Waals surface area contributed by atoms with Crippen LogP contribution in [0, 0.1) is 0 Å². The summed E-state index contributed by atoms with van der Waals surface area (Å²) in [5, 5.41) is 50.3. The standard InChI is InChI=1S/C33H58N4O13/c1-20(40)25(37-29(46)12-6-9-15-48-33-31(36-22(3)42)27(44)17-24(19-39)50-33)10-4-7-13-34-28(45)11-5-8-14-47-32-30(35-21(2)41)26(43)16-23(18-38)49-32/h23-27,30-33,38-39,43-44H,4-19H2,1-3H3,(H,34,45)(H,35,41)(H,36,42)(H,37,46)/t23?,24?,25-,26?,27?,30?,31?,32?,33?/m1/s1. The summed E-state index contributed by atoms with van der Waals surface area (Å²) in [7, 11) is 0. The van der Waals surface area contributed by atoms with Crippen molar-refractivity contribution in [3.8, 4) is 0 Å². The molecular weight excluding hydrogens is 660 g/mol. The summed E-state index contributed by atoms with van der Waals surface area (Å²) in [6.07, 6.45) is -0.437. The third-order valence-corrected chi connectivity index (χ3v) is 8.45. The minimum Gasteiger partial charge on any atom is -0.394 e. The van der Waals surface area contributed by atoms with Crippen LogP contribution in [0.3, 0.4) is 0 Å². The Morgan fingerprint density at radius 1 is 0.700 bits per heavy atom. The number of amides is 4. The van der Waals surface area contributed by atoms with E-state index in [1.807, 2.05) is 0 Å². The largest absolute Gasteiger partial charge is 0.394 e. The van der Waals surface area contributed by atoms with E-state index in [2.05, 4.69) is 21.3 Å². The lowest BCUT2D eigenvalue weighted by Gasteiger charge is -2.39. The lowest BCUT2D eigenvalue weighted by molar-refractivity contribution is -0.237. The van der Waals surface area contributed by atoms with Crippen molar-refractivity contribution in [1.29, 1.82) is 0 Å². The fourth-order valence-corrected chi connectivity index (χ4v) is 5.78. The number of unbranched alkanes of at least 4 members (excludes halogenated alkanes) is 3. The summed E-state index contributed by atoms with van der Waals surface area (Å²) in [5.74, 6) is -1.25. The first-order valence-electron chi connectivity index (χ1n) is 17.6. The molecule has 50 heavy (non-hydrogen) atoms. The Balaban J connectivity index is 1.57. The fraction of sp³-hybridized carbons (Fsp3) is 0.848. The smallest absolute Gasteiger partial charge is 0.220 e. The van der Waals surface area contributed by atoms with Gasteiger partial charge in [-0.25, -0.2) is 0 Å². The number of aliphatic hydroxyl groups excluding tert-OH is 4. The molecule has 2 aliphatic heterocycles. The first-order valence-corrected chi connectivity index (χ1v) is 17.6. The zero-order valence-electron chi connectivity index (χ0n) is 29.5. The first-order chi connectivity index (χ1) is 23.8. The first kappa shape index (κ1) is 43.4. The van der Waals surface area contributed by atoms with Gasteiger partial charge in [-0.1, -0.05) is 0 Å². The molecule has 8 unspecified atom stereocenters. The van der Waals surface area contributed by atoms with E-state index >= 15 is 0 Å². The highest BCUT2D eigenvalue weighted by Gasteiger charge is 2.40. The maximum absolute atomic E-state index is 12.5. The molecule has 0 bridgehead atoms. The van der Waals surface area contributed by atoms with Gasteiger partial charge >= 0.3 is 0 Å². The summed E-state index contributed by atoms with van der Waals surface area (Å²) in [4.78, 5) is 59.9. The van der Waals surface area contributed by atoms with Gasteiger partial charge < -0.3 is 60.6 Å². The summed E-state index contributed by atoms with van der Waals surface area (Å²) in [6.45, 7) is 4.34. The second kappa shape index (κ2) is 23.7. The Morgan fingerprint density at radius 3 is 1.62 bits per heavy atom. The van der Waals surface area contributed by atoms with E-state index in [1.165, 1.54) is 20.8 Å². The average Bonchev–Trinajstić information content (AvgIpc) is 3.05. The Kier molecular flexibility index (Phi) is 20.5. The number of aliphatic hydroxyl groups is 4. The fourth-order valence-electron chi connectivity index (χ4n) is 5.78. The zero-order chi connectivity index (χ0) is 37.1. The molecule has 0 aromatic rings. The van der Waals surface area contributed by atoms with Crippen molar-refractivity contribution in [2.75, 3.05) is 33.0 Å². The minimum atomic E-state index is -0.938. The van der Waals surface area contributed by atoms with E-state index < -0.39 is 55.1 Å². The van der Waals surface area contributed by atoms with Gasteiger partial charge in [-0.3, -0.25) is 24.0 Å². The molecule has 0 aromatic carbocycles. The summed E-state index contributed by atoms with van der Waals surface area (Å²) >= 11 is 0. The maximum Gasteiger partial charge on any atom is 0.220 e. The number of hydrogen-bond donors (Lipinski definition) is 8. The number of Topliss-reactive ketones (excluding diaryl/α,β-unsaturated/α-hetero) is 1. The molecule has 288 valence electrons. The Hall–Kier alpha value is -2.77. The topological polar surface area (TPSA) is 251 Å². The van der Waals surface area contributed by atoms with Gasteiger partial charge in [0.15, 0.2) is 18.4 Å². The number of rotatable bonds is 23. The molecule has 2 aliphatic rings. The molecule has 0 saturated carbocycles. The molecule has 17 heteroatoms. The van der Waals surface area contributed by atoms with Crippen molar-refractivity contribution >= 4 is 29.4 Å². The molecule has 9 atom stereocenters. The van der Waals surface area contributed by atoms with Crippen LogP contribution in [-0.2, 0) is 42.9 Å². The summed E-state index contributed by atoms with van der Waals surface area (Å²) in [5.41, 5.74) is 0.